The Balaban J connectivity index is 1.88. The number of benzene rings is 3. The molecule has 1 amide bonds. The Morgan fingerprint density at radius 1 is 0.892 bits per heavy atom. The Morgan fingerprint density at radius 2 is 1.43 bits per heavy atom. The Hall–Kier alpha value is -3.11. The molecule has 0 aliphatic carbocycles. The Labute approximate surface area is 216 Å². The first kappa shape index (κ1) is 28.5. The first-order chi connectivity index (χ1) is 17.2. The van der Waals surface area contributed by atoms with Crippen LogP contribution in [0.15, 0.2) is 47.4 Å². The molecule has 198 valence electrons. The van der Waals surface area contributed by atoms with Crippen LogP contribution in [0.2, 0.25) is 0 Å². The highest BCUT2D eigenvalue weighted by molar-refractivity contribution is 7.97. The summed E-state index contributed by atoms with van der Waals surface area (Å²) in [7, 11) is 1.30. The average Bonchev–Trinajstić information content (AvgIpc) is 2.84. The molecule has 0 unspecified atom stereocenters. The van der Waals surface area contributed by atoms with Crippen LogP contribution in [0.1, 0.15) is 37.5 Å². The second kappa shape index (κ2) is 11.1. The lowest BCUT2D eigenvalue weighted by Gasteiger charge is -2.26. The van der Waals surface area contributed by atoms with Gasteiger partial charge in [-0.25, -0.2) is 26.3 Å². The van der Waals surface area contributed by atoms with Crippen molar-refractivity contribution in [2.45, 2.75) is 44.6 Å². The lowest BCUT2D eigenvalue weighted by Crippen LogP contribution is -2.37. The second-order valence-electron chi connectivity index (χ2n) is 9.67. The van der Waals surface area contributed by atoms with E-state index in [-0.39, 0.29) is 29.7 Å². The lowest BCUT2D eigenvalue weighted by atomic mass is 9.87. The van der Waals surface area contributed by atoms with Crippen LogP contribution in [0.4, 0.5) is 27.6 Å². The van der Waals surface area contributed by atoms with Gasteiger partial charge in [0.1, 0.15) is 10.6 Å². The molecule has 3 aromatic carbocycles. The summed E-state index contributed by atoms with van der Waals surface area (Å²) in [5.74, 6) is -10.9. The highest BCUT2D eigenvalue weighted by atomic mass is 32.2. The third-order valence-electron chi connectivity index (χ3n) is 5.74. The van der Waals surface area contributed by atoms with Gasteiger partial charge < -0.3 is 10.0 Å². The van der Waals surface area contributed by atoms with Gasteiger partial charge in [-0.15, -0.1) is 0 Å². The number of likely N-dealkylation sites (N-methyl/N-ethyl adjacent to an activating group) is 1. The summed E-state index contributed by atoms with van der Waals surface area (Å²) in [5.41, 5.74) is 2.80. The van der Waals surface area contributed by atoms with Crippen molar-refractivity contribution < 1.29 is 31.9 Å². The highest BCUT2D eigenvalue weighted by Gasteiger charge is 2.28. The molecule has 0 saturated heterocycles. The Kier molecular flexibility index (Phi) is 8.54. The maximum Gasteiger partial charge on any atom is 0.242 e. The molecule has 0 aliphatic rings. The number of hydrogen-bond donors (Lipinski definition) is 1. The minimum atomic E-state index is -2.25. The SMILES string of the molecule is Cc1ccc(N(Cc2ccc(C(C)(C)C)cc2)C(=O)CN(C)Sc2c(F)c(F)c(F)c(F)c2F)cc1O. The van der Waals surface area contributed by atoms with Gasteiger partial charge in [-0.1, -0.05) is 51.1 Å². The van der Waals surface area contributed by atoms with Crippen molar-refractivity contribution in [1.82, 2.24) is 4.31 Å². The van der Waals surface area contributed by atoms with Gasteiger partial charge in [0.25, 0.3) is 0 Å². The predicted molar refractivity (Wildman–Crippen MR) is 134 cm³/mol. The van der Waals surface area contributed by atoms with E-state index in [0.717, 1.165) is 15.4 Å². The number of aryl methyl sites for hydroxylation is 1. The fourth-order valence-electron chi connectivity index (χ4n) is 3.51. The molecule has 0 aliphatic heterocycles. The maximum absolute atomic E-state index is 14.1. The van der Waals surface area contributed by atoms with E-state index < -0.39 is 46.4 Å². The normalized spacial score (nSPS) is 11.8. The Morgan fingerprint density at radius 3 is 1.95 bits per heavy atom. The third kappa shape index (κ3) is 6.42. The largest absolute Gasteiger partial charge is 0.508 e. The fraction of sp³-hybridized carbons (Fsp3) is 0.296. The molecule has 0 saturated carbocycles. The number of nitrogens with zero attached hydrogens (tertiary/aromatic N) is 2. The van der Waals surface area contributed by atoms with E-state index in [9.17, 15) is 31.9 Å². The molecule has 0 fully saturated rings. The van der Waals surface area contributed by atoms with Crippen LogP contribution in [0, 0.1) is 36.0 Å². The molecule has 0 aromatic heterocycles. The van der Waals surface area contributed by atoms with Gasteiger partial charge in [0.05, 0.1) is 13.1 Å². The van der Waals surface area contributed by atoms with Crippen LogP contribution < -0.4 is 4.90 Å². The molecule has 37 heavy (non-hydrogen) atoms. The quantitative estimate of drug-likeness (QED) is 0.154. The van der Waals surface area contributed by atoms with E-state index >= 15 is 0 Å². The number of phenols is 1. The van der Waals surface area contributed by atoms with Crippen molar-refractivity contribution in [2.24, 2.45) is 0 Å². The molecule has 3 rings (SSSR count). The molecular weight excluding hydrogens is 511 g/mol. The number of phenolic OH excluding ortho intramolecular Hbond substituents is 1. The van der Waals surface area contributed by atoms with Gasteiger partial charge in [0.2, 0.25) is 11.7 Å². The van der Waals surface area contributed by atoms with Crippen LogP contribution >= 0.6 is 11.9 Å². The van der Waals surface area contributed by atoms with E-state index in [1.165, 1.54) is 18.0 Å². The highest BCUT2D eigenvalue weighted by Crippen LogP contribution is 2.33. The molecule has 0 spiro atoms. The van der Waals surface area contributed by atoms with Crippen molar-refractivity contribution in [3.05, 3.63) is 88.2 Å². The number of amides is 1. The van der Waals surface area contributed by atoms with E-state index in [0.29, 0.717) is 11.3 Å². The minimum Gasteiger partial charge on any atom is -0.508 e. The van der Waals surface area contributed by atoms with Crippen molar-refractivity contribution in [3.8, 4) is 5.75 Å². The van der Waals surface area contributed by atoms with Crippen LogP contribution in [-0.2, 0) is 16.8 Å². The topological polar surface area (TPSA) is 43.8 Å². The average molecular weight is 539 g/mol. The van der Waals surface area contributed by atoms with Gasteiger partial charge in [0.15, 0.2) is 23.3 Å². The van der Waals surface area contributed by atoms with E-state index in [2.05, 4.69) is 20.8 Å². The van der Waals surface area contributed by atoms with Crippen LogP contribution in [-0.4, -0.2) is 28.9 Å². The predicted octanol–water partition coefficient (Wildman–Crippen LogP) is 6.87. The van der Waals surface area contributed by atoms with Crippen LogP contribution in [0.5, 0.6) is 5.75 Å². The fourth-order valence-corrected chi connectivity index (χ4v) is 4.34. The molecule has 3 aromatic rings. The molecule has 10 heteroatoms. The zero-order chi connectivity index (χ0) is 27.7. The van der Waals surface area contributed by atoms with Crippen molar-refractivity contribution >= 4 is 23.5 Å². The first-order valence-electron chi connectivity index (χ1n) is 11.3. The van der Waals surface area contributed by atoms with Gasteiger partial charge in [-0.2, -0.15) is 0 Å². The summed E-state index contributed by atoms with van der Waals surface area (Å²) in [6.07, 6.45) is 0. The number of halogens is 5. The number of rotatable bonds is 7. The molecule has 0 atom stereocenters. The number of hydrogen-bond acceptors (Lipinski definition) is 4. The number of anilines is 1. The third-order valence-corrected chi connectivity index (χ3v) is 6.72. The van der Waals surface area contributed by atoms with Gasteiger partial charge >= 0.3 is 0 Å². The summed E-state index contributed by atoms with van der Waals surface area (Å²) >= 11 is 0.231. The van der Waals surface area contributed by atoms with Gasteiger partial charge in [-0.05, 0) is 54.1 Å². The van der Waals surface area contributed by atoms with Crippen molar-refractivity contribution in [3.63, 3.8) is 0 Å². The molecule has 1 N–H and O–H groups in total. The smallest absolute Gasteiger partial charge is 0.242 e. The molecule has 0 radical (unpaired) electrons. The monoisotopic (exact) mass is 538 g/mol. The first-order valence-corrected chi connectivity index (χ1v) is 12.1. The molecule has 4 nitrogen and oxygen atoms in total. The summed E-state index contributed by atoms with van der Waals surface area (Å²) in [4.78, 5) is 13.6. The zero-order valence-electron chi connectivity index (χ0n) is 21.0. The Bertz CT molecular complexity index is 1280. The summed E-state index contributed by atoms with van der Waals surface area (Å²) in [6, 6.07) is 12.4. The van der Waals surface area contributed by atoms with E-state index in [1.54, 1.807) is 19.1 Å². The van der Waals surface area contributed by atoms with Crippen LogP contribution in [0.25, 0.3) is 0 Å². The van der Waals surface area contributed by atoms with Crippen molar-refractivity contribution in [1.29, 1.82) is 0 Å². The molecule has 0 heterocycles. The van der Waals surface area contributed by atoms with E-state index in [4.69, 9.17) is 0 Å². The summed E-state index contributed by atoms with van der Waals surface area (Å²) < 4.78 is 69.9. The molecule has 0 bridgehead atoms. The molecular formula is C27H27F5N2O2S. The second-order valence-corrected chi connectivity index (χ2v) is 10.9. The van der Waals surface area contributed by atoms with Crippen LogP contribution in [0.3, 0.4) is 0 Å². The number of aromatic hydroxyl groups is 1. The summed E-state index contributed by atoms with van der Waals surface area (Å²) in [5, 5.41) is 10.2. The zero-order valence-corrected chi connectivity index (χ0v) is 21.8. The standard InChI is InChI=1S/C27H27F5N2O2S/c1-15-6-11-18(12-19(15)35)34(13-16-7-9-17(10-8-16)27(2,3)4)20(36)14-33(5)37-26-24(31)22(29)21(28)23(30)25(26)32/h6-12,35H,13-14H2,1-5H3. The van der Waals surface area contributed by atoms with Gasteiger partial charge in [-0.3, -0.25) is 4.79 Å². The number of carbonyl (C=O) groups is 1. The number of carbonyl (C=O) groups excluding carboxylic acids is 1. The van der Waals surface area contributed by atoms with E-state index in [1.807, 2.05) is 24.3 Å². The van der Waals surface area contributed by atoms with Crippen molar-refractivity contribution in [2.75, 3.05) is 18.5 Å². The summed E-state index contributed by atoms with van der Waals surface area (Å²) in [6.45, 7) is 7.61. The lowest BCUT2D eigenvalue weighted by molar-refractivity contribution is -0.118. The minimum absolute atomic E-state index is 0.0254. The van der Waals surface area contributed by atoms with Gasteiger partial charge in [0, 0.05) is 11.8 Å². The maximum atomic E-state index is 14.1.